The molecule has 120 valence electrons. The molecule has 1 amide bonds. The van der Waals surface area contributed by atoms with Crippen LogP contribution in [0.15, 0.2) is 24.3 Å². The van der Waals surface area contributed by atoms with Crippen molar-refractivity contribution in [3.63, 3.8) is 0 Å². The quantitative estimate of drug-likeness (QED) is 0.947. The maximum Gasteiger partial charge on any atom is 0.242 e. The number of amides is 1. The Labute approximate surface area is 135 Å². The SMILES string of the molecule is O=C(Cn1nnc2ccccc21)NC12CC3CC(CC(C3)C1)C2. The third-order valence-electron chi connectivity index (χ3n) is 6.16. The molecule has 4 aliphatic rings. The van der Waals surface area contributed by atoms with E-state index in [0.29, 0.717) is 0 Å². The number of para-hydroxylation sites is 1. The summed E-state index contributed by atoms with van der Waals surface area (Å²) in [6.45, 7) is 0.266. The van der Waals surface area contributed by atoms with Gasteiger partial charge in [0, 0.05) is 5.54 Å². The molecule has 0 aliphatic heterocycles. The first-order valence-electron chi connectivity index (χ1n) is 8.78. The van der Waals surface area contributed by atoms with Crippen LogP contribution in [0.2, 0.25) is 0 Å². The molecule has 6 rings (SSSR count). The third-order valence-corrected chi connectivity index (χ3v) is 6.16. The summed E-state index contributed by atoms with van der Waals surface area (Å²) >= 11 is 0. The van der Waals surface area contributed by atoms with Crippen LogP contribution in [-0.2, 0) is 11.3 Å². The molecule has 0 radical (unpaired) electrons. The number of benzene rings is 1. The lowest BCUT2D eigenvalue weighted by Gasteiger charge is -2.56. The molecule has 1 aromatic carbocycles. The van der Waals surface area contributed by atoms with Crippen LogP contribution in [0.4, 0.5) is 0 Å². The lowest BCUT2D eigenvalue weighted by Crippen LogP contribution is -2.60. The van der Waals surface area contributed by atoms with Crippen LogP contribution in [0.25, 0.3) is 11.0 Å². The Hall–Kier alpha value is -1.91. The Morgan fingerprint density at radius 1 is 1.13 bits per heavy atom. The first-order valence-corrected chi connectivity index (χ1v) is 8.78. The summed E-state index contributed by atoms with van der Waals surface area (Å²) in [6, 6.07) is 7.79. The highest BCUT2D eigenvalue weighted by Gasteiger charge is 2.51. The zero-order valence-corrected chi connectivity index (χ0v) is 13.2. The van der Waals surface area contributed by atoms with Gasteiger partial charge in [-0.15, -0.1) is 5.10 Å². The number of rotatable bonds is 3. The molecule has 5 heteroatoms. The second-order valence-corrected chi connectivity index (χ2v) is 7.98. The number of hydrogen-bond acceptors (Lipinski definition) is 3. The largest absolute Gasteiger partial charge is 0.349 e. The van der Waals surface area contributed by atoms with Gasteiger partial charge in [-0.3, -0.25) is 4.79 Å². The average Bonchev–Trinajstić information content (AvgIpc) is 2.88. The molecule has 0 unspecified atom stereocenters. The molecular weight excluding hydrogens is 288 g/mol. The standard InChI is InChI=1S/C18H22N4O/c23-17(11-22-16-4-2-1-3-15(16)20-21-22)19-18-8-12-5-13(9-18)7-14(6-12)10-18/h1-4,12-14H,5-11H2,(H,19,23). The van der Waals surface area contributed by atoms with Gasteiger partial charge in [0.1, 0.15) is 12.1 Å². The summed E-state index contributed by atoms with van der Waals surface area (Å²) in [5.74, 6) is 2.61. The van der Waals surface area contributed by atoms with Crippen molar-refractivity contribution in [1.82, 2.24) is 20.3 Å². The maximum absolute atomic E-state index is 12.6. The fourth-order valence-corrected chi connectivity index (χ4v) is 5.77. The number of hydrogen-bond donors (Lipinski definition) is 1. The topological polar surface area (TPSA) is 59.8 Å². The minimum atomic E-state index is 0.0716. The highest BCUT2D eigenvalue weighted by Crippen LogP contribution is 2.55. The maximum atomic E-state index is 12.6. The molecule has 5 nitrogen and oxygen atoms in total. The van der Waals surface area contributed by atoms with Gasteiger partial charge in [-0.1, -0.05) is 17.3 Å². The molecule has 4 fully saturated rings. The van der Waals surface area contributed by atoms with E-state index < -0.39 is 0 Å². The van der Waals surface area contributed by atoms with Crippen molar-refractivity contribution >= 4 is 16.9 Å². The van der Waals surface area contributed by atoms with Gasteiger partial charge in [0.25, 0.3) is 0 Å². The van der Waals surface area contributed by atoms with Gasteiger partial charge in [0.05, 0.1) is 5.52 Å². The first-order chi connectivity index (χ1) is 11.2. The lowest BCUT2D eigenvalue weighted by atomic mass is 9.53. The molecule has 1 N–H and O–H groups in total. The van der Waals surface area contributed by atoms with Crippen molar-refractivity contribution in [3.8, 4) is 0 Å². The Morgan fingerprint density at radius 3 is 2.48 bits per heavy atom. The van der Waals surface area contributed by atoms with Crippen LogP contribution < -0.4 is 5.32 Å². The smallest absolute Gasteiger partial charge is 0.242 e. The van der Waals surface area contributed by atoms with Crippen molar-refractivity contribution in [2.24, 2.45) is 17.8 Å². The number of aromatic nitrogens is 3. The van der Waals surface area contributed by atoms with E-state index in [1.165, 1.54) is 38.5 Å². The summed E-state index contributed by atoms with van der Waals surface area (Å²) in [5.41, 5.74) is 1.84. The van der Waals surface area contributed by atoms with E-state index in [9.17, 15) is 4.79 Å². The van der Waals surface area contributed by atoms with Crippen molar-refractivity contribution in [3.05, 3.63) is 24.3 Å². The van der Waals surface area contributed by atoms with Gasteiger partial charge in [-0.25, -0.2) is 4.68 Å². The molecule has 23 heavy (non-hydrogen) atoms. The molecular formula is C18H22N4O. The minimum absolute atomic E-state index is 0.0716. The number of nitrogens with zero attached hydrogens (tertiary/aromatic N) is 3. The normalized spacial score (nSPS) is 34.9. The van der Waals surface area contributed by atoms with Crippen LogP contribution in [0, 0.1) is 17.8 Å². The van der Waals surface area contributed by atoms with Crippen molar-refractivity contribution < 1.29 is 4.79 Å². The molecule has 4 bridgehead atoms. The van der Waals surface area contributed by atoms with Crippen LogP contribution in [0.5, 0.6) is 0 Å². The summed E-state index contributed by atoms with van der Waals surface area (Å²) in [7, 11) is 0. The van der Waals surface area contributed by atoms with Crippen LogP contribution in [0.3, 0.4) is 0 Å². The van der Waals surface area contributed by atoms with Gasteiger partial charge in [-0.05, 0) is 68.4 Å². The molecule has 4 aliphatic carbocycles. The molecule has 0 atom stereocenters. The average molecular weight is 310 g/mol. The Morgan fingerprint density at radius 2 is 1.78 bits per heavy atom. The second-order valence-electron chi connectivity index (χ2n) is 7.98. The Bertz CT molecular complexity index is 730. The Kier molecular flexibility index (Phi) is 2.82. The zero-order chi connectivity index (χ0) is 15.4. The van der Waals surface area contributed by atoms with E-state index in [0.717, 1.165) is 28.8 Å². The number of nitrogens with one attached hydrogen (secondary N) is 1. The molecule has 2 aromatic rings. The summed E-state index contributed by atoms with van der Waals surface area (Å²) < 4.78 is 1.71. The fraction of sp³-hybridized carbons (Fsp3) is 0.611. The molecule has 0 saturated heterocycles. The lowest BCUT2D eigenvalue weighted by molar-refractivity contribution is -0.127. The molecule has 0 spiro atoms. The Balaban J connectivity index is 1.34. The summed E-state index contributed by atoms with van der Waals surface area (Å²) in [4.78, 5) is 12.6. The zero-order valence-electron chi connectivity index (χ0n) is 13.2. The predicted octanol–water partition coefficient (Wildman–Crippen LogP) is 2.52. The highest BCUT2D eigenvalue weighted by molar-refractivity contribution is 5.80. The van der Waals surface area contributed by atoms with E-state index in [2.05, 4.69) is 15.6 Å². The van der Waals surface area contributed by atoms with Crippen LogP contribution in [-0.4, -0.2) is 26.4 Å². The van der Waals surface area contributed by atoms with Crippen molar-refractivity contribution in [2.45, 2.75) is 50.6 Å². The second kappa shape index (κ2) is 4.79. The van der Waals surface area contributed by atoms with Crippen molar-refractivity contribution in [2.75, 3.05) is 0 Å². The first kappa shape index (κ1) is 13.5. The van der Waals surface area contributed by atoms with Gasteiger partial charge in [0.2, 0.25) is 5.91 Å². The van der Waals surface area contributed by atoms with Crippen LogP contribution in [0.1, 0.15) is 38.5 Å². The van der Waals surface area contributed by atoms with E-state index in [-0.39, 0.29) is 18.0 Å². The highest BCUT2D eigenvalue weighted by atomic mass is 16.2. The van der Waals surface area contributed by atoms with E-state index in [4.69, 9.17) is 0 Å². The summed E-state index contributed by atoms with van der Waals surface area (Å²) in [6.07, 6.45) is 7.73. The van der Waals surface area contributed by atoms with E-state index in [1.807, 2.05) is 24.3 Å². The third kappa shape index (κ3) is 2.25. The molecule has 1 heterocycles. The predicted molar refractivity (Wildman–Crippen MR) is 86.6 cm³/mol. The molecule has 4 saturated carbocycles. The van der Waals surface area contributed by atoms with E-state index in [1.54, 1.807) is 4.68 Å². The van der Waals surface area contributed by atoms with Gasteiger partial charge in [0.15, 0.2) is 0 Å². The van der Waals surface area contributed by atoms with Gasteiger partial charge in [-0.2, -0.15) is 0 Å². The molecule has 1 aromatic heterocycles. The number of carbonyl (C=O) groups excluding carboxylic acids is 1. The van der Waals surface area contributed by atoms with Crippen LogP contribution >= 0.6 is 0 Å². The number of fused-ring (bicyclic) bond motifs is 1. The van der Waals surface area contributed by atoms with Gasteiger partial charge >= 0.3 is 0 Å². The van der Waals surface area contributed by atoms with E-state index >= 15 is 0 Å². The fourth-order valence-electron chi connectivity index (χ4n) is 5.77. The van der Waals surface area contributed by atoms with Crippen molar-refractivity contribution in [1.29, 1.82) is 0 Å². The van der Waals surface area contributed by atoms with Gasteiger partial charge < -0.3 is 5.32 Å². The minimum Gasteiger partial charge on any atom is -0.349 e. The number of carbonyl (C=O) groups is 1. The summed E-state index contributed by atoms with van der Waals surface area (Å²) in [5, 5.41) is 11.7. The monoisotopic (exact) mass is 310 g/mol.